The Balaban J connectivity index is 1.99. The van der Waals surface area contributed by atoms with E-state index in [1.807, 2.05) is 0 Å². The van der Waals surface area contributed by atoms with Crippen molar-refractivity contribution in [1.29, 1.82) is 0 Å². The molecule has 2 aliphatic heterocycles. The first-order valence-corrected chi connectivity index (χ1v) is 8.14. The second-order valence-electron chi connectivity index (χ2n) is 7.11. The average Bonchev–Trinajstić information content (AvgIpc) is 2.38. The van der Waals surface area contributed by atoms with E-state index in [1.54, 1.807) is 0 Å². The highest BCUT2D eigenvalue weighted by Gasteiger charge is 2.35. The molecule has 0 saturated carbocycles. The maximum Gasteiger partial charge on any atom is 0.0621 e. The SMILES string of the molecule is CC(C)CC1CN(C2CCCOC2)C(C(C)C)CN1. The first-order chi connectivity index (χ1) is 9.08. The Hall–Kier alpha value is -0.120. The van der Waals surface area contributed by atoms with Crippen molar-refractivity contribution in [2.75, 3.05) is 26.3 Å². The van der Waals surface area contributed by atoms with Gasteiger partial charge in [0.15, 0.2) is 0 Å². The molecule has 1 N–H and O–H groups in total. The van der Waals surface area contributed by atoms with Crippen molar-refractivity contribution in [3.63, 3.8) is 0 Å². The topological polar surface area (TPSA) is 24.5 Å². The third kappa shape index (κ3) is 4.17. The molecule has 2 fully saturated rings. The van der Waals surface area contributed by atoms with Crippen molar-refractivity contribution in [3.05, 3.63) is 0 Å². The monoisotopic (exact) mass is 268 g/mol. The molecular weight excluding hydrogens is 236 g/mol. The first kappa shape index (κ1) is 15.3. The Kier molecular flexibility index (Phi) is 5.67. The van der Waals surface area contributed by atoms with Crippen LogP contribution in [0, 0.1) is 11.8 Å². The van der Waals surface area contributed by atoms with E-state index in [0.717, 1.165) is 31.6 Å². The van der Waals surface area contributed by atoms with E-state index in [4.69, 9.17) is 4.74 Å². The van der Waals surface area contributed by atoms with Crippen LogP contribution in [0.25, 0.3) is 0 Å². The fraction of sp³-hybridized carbons (Fsp3) is 1.00. The Labute approximate surface area is 119 Å². The standard InChI is InChI=1S/C16H32N2O/c1-12(2)8-14-10-18(15-6-5-7-19-11-15)16(9-17-14)13(3)4/h12-17H,5-11H2,1-4H3. The van der Waals surface area contributed by atoms with Gasteiger partial charge in [-0.2, -0.15) is 0 Å². The summed E-state index contributed by atoms with van der Waals surface area (Å²) in [6, 6.07) is 1.99. The van der Waals surface area contributed by atoms with Gasteiger partial charge in [0.25, 0.3) is 0 Å². The van der Waals surface area contributed by atoms with E-state index in [1.165, 1.54) is 25.8 Å². The molecule has 0 spiro atoms. The molecule has 3 unspecified atom stereocenters. The minimum Gasteiger partial charge on any atom is -0.380 e. The van der Waals surface area contributed by atoms with E-state index in [0.29, 0.717) is 18.1 Å². The summed E-state index contributed by atoms with van der Waals surface area (Å²) in [5.41, 5.74) is 0. The maximum atomic E-state index is 5.72. The van der Waals surface area contributed by atoms with Gasteiger partial charge in [0.1, 0.15) is 0 Å². The van der Waals surface area contributed by atoms with Gasteiger partial charge in [-0.3, -0.25) is 4.90 Å². The molecule has 0 amide bonds. The van der Waals surface area contributed by atoms with Gasteiger partial charge in [-0.15, -0.1) is 0 Å². The Bertz CT molecular complexity index is 261. The minimum absolute atomic E-state index is 0.651. The zero-order valence-corrected chi connectivity index (χ0v) is 13.2. The van der Waals surface area contributed by atoms with Crippen molar-refractivity contribution in [2.24, 2.45) is 11.8 Å². The van der Waals surface area contributed by atoms with Gasteiger partial charge in [-0.25, -0.2) is 0 Å². The fourth-order valence-electron chi connectivity index (χ4n) is 3.61. The van der Waals surface area contributed by atoms with Crippen LogP contribution in [-0.2, 0) is 4.74 Å². The summed E-state index contributed by atoms with van der Waals surface area (Å²) in [5, 5.41) is 3.77. The lowest BCUT2D eigenvalue weighted by molar-refractivity contribution is -0.0269. The molecule has 2 aliphatic rings. The van der Waals surface area contributed by atoms with E-state index < -0.39 is 0 Å². The third-order valence-electron chi connectivity index (χ3n) is 4.60. The number of rotatable bonds is 4. The Morgan fingerprint density at radius 3 is 2.63 bits per heavy atom. The molecule has 3 nitrogen and oxygen atoms in total. The van der Waals surface area contributed by atoms with Gasteiger partial charge < -0.3 is 10.1 Å². The first-order valence-electron chi connectivity index (χ1n) is 8.14. The van der Waals surface area contributed by atoms with Crippen molar-refractivity contribution in [3.8, 4) is 0 Å². The number of nitrogens with zero attached hydrogens (tertiary/aromatic N) is 1. The summed E-state index contributed by atoms with van der Waals surface area (Å²) in [5.74, 6) is 1.49. The summed E-state index contributed by atoms with van der Waals surface area (Å²) in [6.45, 7) is 13.6. The second-order valence-corrected chi connectivity index (χ2v) is 7.11. The largest absolute Gasteiger partial charge is 0.380 e. The average molecular weight is 268 g/mol. The highest BCUT2D eigenvalue weighted by Crippen LogP contribution is 2.24. The molecule has 112 valence electrons. The molecule has 0 radical (unpaired) electrons. The van der Waals surface area contributed by atoms with Crippen LogP contribution in [0.5, 0.6) is 0 Å². The summed E-state index contributed by atoms with van der Waals surface area (Å²) < 4.78 is 5.72. The predicted octanol–water partition coefficient (Wildman–Crippen LogP) is 2.51. The Morgan fingerprint density at radius 1 is 1.26 bits per heavy atom. The third-order valence-corrected chi connectivity index (χ3v) is 4.60. The van der Waals surface area contributed by atoms with Gasteiger partial charge in [0.05, 0.1) is 6.61 Å². The zero-order valence-electron chi connectivity index (χ0n) is 13.2. The highest BCUT2D eigenvalue weighted by molar-refractivity contribution is 4.92. The zero-order chi connectivity index (χ0) is 13.8. The molecular formula is C16H32N2O. The van der Waals surface area contributed by atoms with Crippen LogP contribution in [0.2, 0.25) is 0 Å². The molecule has 3 heteroatoms. The summed E-state index contributed by atoms with van der Waals surface area (Å²) >= 11 is 0. The number of nitrogens with one attached hydrogen (secondary N) is 1. The molecule has 2 rings (SSSR count). The highest BCUT2D eigenvalue weighted by atomic mass is 16.5. The molecule has 0 aromatic carbocycles. The maximum absolute atomic E-state index is 5.72. The van der Waals surface area contributed by atoms with Crippen LogP contribution < -0.4 is 5.32 Å². The summed E-state index contributed by atoms with van der Waals surface area (Å²) in [7, 11) is 0. The van der Waals surface area contributed by atoms with Gasteiger partial charge in [0.2, 0.25) is 0 Å². The van der Waals surface area contributed by atoms with Crippen LogP contribution >= 0.6 is 0 Å². The van der Waals surface area contributed by atoms with E-state index >= 15 is 0 Å². The van der Waals surface area contributed by atoms with Gasteiger partial charge in [-0.05, 0) is 31.1 Å². The van der Waals surface area contributed by atoms with Crippen molar-refractivity contribution in [2.45, 2.75) is 65.1 Å². The quantitative estimate of drug-likeness (QED) is 0.848. The molecule has 3 atom stereocenters. The lowest BCUT2D eigenvalue weighted by Gasteiger charge is -2.47. The minimum atomic E-state index is 0.651. The fourth-order valence-corrected chi connectivity index (χ4v) is 3.61. The molecule has 0 bridgehead atoms. The van der Waals surface area contributed by atoms with Crippen LogP contribution in [0.1, 0.15) is 47.0 Å². The lowest BCUT2D eigenvalue weighted by atomic mass is 9.92. The number of hydrogen-bond donors (Lipinski definition) is 1. The van der Waals surface area contributed by atoms with Crippen LogP contribution in [-0.4, -0.2) is 49.3 Å². The van der Waals surface area contributed by atoms with Gasteiger partial charge in [-0.1, -0.05) is 27.7 Å². The molecule has 0 aliphatic carbocycles. The molecule has 2 saturated heterocycles. The smallest absolute Gasteiger partial charge is 0.0621 e. The van der Waals surface area contributed by atoms with E-state index in [2.05, 4.69) is 37.9 Å². The van der Waals surface area contributed by atoms with Crippen molar-refractivity contribution < 1.29 is 4.74 Å². The van der Waals surface area contributed by atoms with E-state index in [-0.39, 0.29) is 0 Å². The number of hydrogen-bond acceptors (Lipinski definition) is 3. The molecule has 0 aromatic heterocycles. The second kappa shape index (κ2) is 7.05. The summed E-state index contributed by atoms with van der Waals surface area (Å²) in [6.07, 6.45) is 3.83. The normalized spacial score (nSPS) is 34.1. The summed E-state index contributed by atoms with van der Waals surface area (Å²) in [4.78, 5) is 2.76. The van der Waals surface area contributed by atoms with Crippen LogP contribution in [0.3, 0.4) is 0 Å². The lowest BCUT2D eigenvalue weighted by Crippen LogP contribution is -2.62. The number of piperazine rings is 1. The van der Waals surface area contributed by atoms with Crippen LogP contribution in [0.15, 0.2) is 0 Å². The van der Waals surface area contributed by atoms with Crippen LogP contribution in [0.4, 0.5) is 0 Å². The van der Waals surface area contributed by atoms with Crippen molar-refractivity contribution >= 4 is 0 Å². The van der Waals surface area contributed by atoms with Gasteiger partial charge in [0, 0.05) is 37.8 Å². The predicted molar refractivity (Wildman–Crippen MR) is 80.4 cm³/mol. The van der Waals surface area contributed by atoms with Crippen molar-refractivity contribution in [1.82, 2.24) is 10.2 Å². The molecule has 2 heterocycles. The molecule has 0 aromatic rings. The number of ether oxygens (including phenoxy) is 1. The molecule has 19 heavy (non-hydrogen) atoms. The Morgan fingerprint density at radius 2 is 2.05 bits per heavy atom. The van der Waals surface area contributed by atoms with E-state index in [9.17, 15) is 0 Å². The van der Waals surface area contributed by atoms with Gasteiger partial charge >= 0.3 is 0 Å².